The third-order valence-corrected chi connectivity index (χ3v) is 8.86. The van der Waals surface area contributed by atoms with E-state index in [0.29, 0.717) is 35.1 Å². The van der Waals surface area contributed by atoms with Crippen LogP contribution in [0.4, 0.5) is 36.3 Å². The molecule has 1 saturated heterocycles. The number of hydrogen-bond acceptors (Lipinski definition) is 8. The molecule has 0 radical (unpaired) electrons. The van der Waals surface area contributed by atoms with Gasteiger partial charge < -0.3 is 20.9 Å². The number of nitrogens with zero attached hydrogens (tertiary/aromatic N) is 4. The van der Waals surface area contributed by atoms with Crippen LogP contribution in [0.25, 0.3) is 0 Å². The second-order valence-electron chi connectivity index (χ2n) is 11.1. The number of sulfonamides is 1. The van der Waals surface area contributed by atoms with Crippen LogP contribution in [-0.4, -0.2) is 68.7 Å². The van der Waals surface area contributed by atoms with E-state index in [4.69, 9.17) is 0 Å². The van der Waals surface area contributed by atoms with Crippen molar-refractivity contribution < 1.29 is 26.4 Å². The lowest BCUT2D eigenvalue weighted by atomic mass is 10.0. The number of anilines is 4. The quantitative estimate of drug-likeness (QED) is 0.287. The third kappa shape index (κ3) is 8.17. The predicted octanol–water partition coefficient (Wildman–Crippen LogP) is 4.94. The first-order chi connectivity index (χ1) is 20.7. The molecule has 3 aromatic rings. The van der Waals surface area contributed by atoms with Crippen LogP contribution in [0.1, 0.15) is 52.4 Å². The van der Waals surface area contributed by atoms with Gasteiger partial charge in [-0.25, -0.2) is 13.4 Å². The van der Waals surface area contributed by atoms with Crippen molar-refractivity contribution in [3.8, 4) is 0 Å². The molecule has 0 spiro atoms. The summed E-state index contributed by atoms with van der Waals surface area (Å²) in [7, 11) is -0.174. The Morgan fingerprint density at radius 2 is 1.82 bits per heavy atom. The standard InChI is InChI=1S/C30H38F3N7O3S/c1-6-20-16-21(28(41)36-23-11-13-39(3)14-12-23)9-10-25(20)37-29-35-18-24(30(31,32)33)27(38-29)34-17-22-8-7-19(2)15-26(22)40(4)44(5,42)43/h7-10,15-16,18,23H,6,11-14,17H2,1-5H3,(H,36,41)(H2,34,35,37,38). The fourth-order valence-electron chi connectivity index (χ4n) is 4.95. The summed E-state index contributed by atoms with van der Waals surface area (Å²) in [4.78, 5) is 23.2. The molecule has 4 rings (SSSR count). The summed E-state index contributed by atoms with van der Waals surface area (Å²) < 4.78 is 67.2. The number of alkyl halides is 3. The van der Waals surface area contributed by atoms with Crippen molar-refractivity contribution in [2.24, 2.45) is 0 Å². The van der Waals surface area contributed by atoms with Gasteiger partial charge in [-0.3, -0.25) is 9.10 Å². The molecule has 2 heterocycles. The highest BCUT2D eigenvalue weighted by Gasteiger charge is 2.35. The summed E-state index contributed by atoms with van der Waals surface area (Å²) in [5, 5.41) is 8.82. The third-order valence-electron chi connectivity index (χ3n) is 7.67. The molecule has 1 fully saturated rings. The van der Waals surface area contributed by atoms with Crippen molar-refractivity contribution in [1.29, 1.82) is 0 Å². The van der Waals surface area contributed by atoms with Crippen LogP contribution < -0.4 is 20.3 Å². The van der Waals surface area contributed by atoms with Crippen LogP contribution in [0.15, 0.2) is 42.6 Å². The number of halogens is 3. The lowest BCUT2D eigenvalue weighted by molar-refractivity contribution is -0.137. The number of nitrogens with one attached hydrogen (secondary N) is 3. The molecule has 44 heavy (non-hydrogen) atoms. The molecule has 1 aromatic heterocycles. The van der Waals surface area contributed by atoms with Crippen molar-refractivity contribution >= 4 is 39.1 Å². The molecule has 0 bridgehead atoms. The van der Waals surface area contributed by atoms with Gasteiger partial charge in [0.25, 0.3) is 5.91 Å². The zero-order valence-electron chi connectivity index (χ0n) is 25.4. The van der Waals surface area contributed by atoms with Crippen LogP contribution in [0, 0.1) is 6.92 Å². The number of aryl methyl sites for hydroxylation is 2. The Bertz CT molecular complexity index is 1610. The number of carbonyl (C=O) groups excluding carboxylic acids is 1. The van der Waals surface area contributed by atoms with E-state index in [-0.39, 0.29) is 24.4 Å². The van der Waals surface area contributed by atoms with Crippen molar-refractivity contribution in [3.05, 3.63) is 70.4 Å². The zero-order valence-corrected chi connectivity index (χ0v) is 26.2. The topological polar surface area (TPSA) is 120 Å². The van der Waals surface area contributed by atoms with Crippen LogP contribution in [0.5, 0.6) is 0 Å². The normalized spacial score (nSPS) is 14.7. The van der Waals surface area contributed by atoms with Crippen molar-refractivity contribution in [3.63, 3.8) is 0 Å². The molecule has 1 aliphatic rings. The second-order valence-corrected chi connectivity index (χ2v) is 13.1. The highest BCUT2D eigenvalue weighted by atomic mass is 32.2. The smallest absolute Gasteiger partial charge is 0.365 e. The second kappa shape index (κ2) is 13.4. The minimum atomic E-state index is -4.74. The molecule has 1 aliphatic heterocycles. The zero-order chi connectivity index (χ0) is 32.2. The van der Waals surface area contributed by atoms with Gasteiger partial charge in [0, 0.05) is 37.1 Å². The first-order valence-corrected chi connectivity index (χ1v) is 16.1. The van der Waals surface area contributed by atoms with Gasteiger partial charge in [0.05, 0.1) is 11.9 Å². The minimum absolute atomic E-state index is 0.0730. The van der Waals surface area contributed by atoms with Gasteiger partial charge in [-0.15, -0.1) is 0 Å². The van der Waals surface area contributed by atoms with E-state index in [0.717, 1.165) is 47.6 Å². The summed E-state index contributed by atoms with van der Waals surface area (Å²) >= 11 is 0. The van der Waals surface area contributed by atoms with Gasteiger partial charge in [0.1, 0.15) is 11.4 Å². The van der Waals surface area contributed by atoms with Gasteiger partial charge in [-0.1, -0.05) is 19.1 Å². The van der Waals surface area contributed by atoms with E-state index < -0.39 is 27.6 Å². The van der Waals surface area contributed by atoms with Crippen LogP contribution in [0.3, 0.4) is 0 Å². The number of carbonyl (C=O) groups is 1. The molecule has 14 heteroatoms. The molecule has 0 unspecified atom stereocenters. The van der Waals surface area contributed by atoms with E-state index in [1.54, 1.807) is 43.3 Å². The summed E-state index contributed by atoms with van der Waals surface area (Å²) in [5.41, 5.74) is 2.36. The average Bonchev–Trinajstić information content (AvgIpc) is 2.96. The van der Waals surface area contributed by atoms with E-state index in [1.807, 2.05) is 6.92 Å². The van der Waals surface area contributed by atoms with E-state index >= 15 is 0 Å². The van der Waals surface area contributed by atoms with Crippen molar-refractivity contribution in [2.45, 2.75) is 51.9 Å². The molecular formula is C30H38F3N7O3S. The van der Waals surface area contributed by atoms with Gasteiger partial charge in [-0.2, -0.15) is 18.2 Å². The predicted molar refractivity (Wildman–Crippen MR) is 166 cm³/mol. The Hall–Kier alpha value is -3.91. The fraction of sp³-hybridized carbons (Fsp3) is 0.433. The Balaban J connectivity index is 1.56. The lowest BCUT2D eigenvalue weighted by Crippen LogP contribution is -2.43. The van der Waals surface area contributed by atoms with Crippen LogP contribution in [0.2, 0.25) is 0 Å². The monoisotopic (exact) mass is 633 g/mol. The van der Waals surface area contributed by atoms with E-state index in [9.17, 15) is 26.4 Å². The van der Waals surface area contributed by atoms with Gasteiger partial charge in [0.15, 0.2) is 0 Å². The number of amides is 1. The highest BCUT2D eigenvalue weighted by molar-refractivity contribution is 7.92. The van der Waals surface area contributed by atoms with Gasteiger partial charge >= 0.3 is 6.18 Å². The number of likely N-dealkylation sites (tertiary alicyclic amines) is 1. The van der Waals surface area contributed by atoms with E-state index in [1.165, 1.54) is 7.05 Å². The average molecular weight is 634 g/mol. The lowest BCUT2D eigenvalue weighted by Gasteiger charge is -2.29. The Morgan fingerprint density at radius 3 is 2.45 bits per heavy atom. The Morgan fingerprint density at radius 1 is 1.11 bits per heavy atom. The SMILES string of the molecule is CCc1cc(C(=O)NC2CCN(C)CC2)ccc1Nc1ncc(C(F)(F)F)c(NCc2ccc(C)cc2N(C)S(C)(=O)=O)n1. The maximum atomic E-state index is 13.9. The number of aromatic nitrogens is 2. The summed E-state index contributed by atoms with van der Waals surface area (Å²) in [6.07, 6.45) is -0.680. The summed E-state index contributed by atoms with van der Waals surface area (Å²) in [6.45, 7) is 5.41. The van der Waals surface area contributed by atoms with Crippen molar-refractivity contribution in [2.75, 3.05) is 48.4 Å². The van der Waals surface area contributed by atoms with Gasteiger partial charge in [-0.05, 0) is 87.3 Å². The van der Waals surface area contributed by atoms with Crippen LogP contribution in [-0.2, 0) is 29.2 Å². The molecule has 238 valence electrons. The number of piperidine rings is 1. The van der Waals surface area contributed by atoms with Gasteiger partial charge in [0.2, 0.25) is 16.0 Å². The number of benzene rings is 2. The highest BCUT2D eigenvalue weighted by Crippen LogP contribution is 2.35. The Kier molecular flexibility index (Phi) is 10.0. The molecule has 2 aromatic carbocycles. The fourth-order valence-corrected chi connectivity index (χ4v) is 5.48. The molecule has 0 aliphatic carbocycles. The summed E-state index contributed by atoms with van der Waals surface area (Å²) in [5.74, 6) is -0.707. The first-order valence-electron chi connectivity index (χ1n) is 14.3. The first kappa shape index (κ1) is 33.0. The molecule has 0 saturated carbocycles. The number of hydrogen-bond donors (Lipinski definition) is 3. The van der Waals surface area contributed by atoms with Crippen LogP contribution >= 0.6 is 0 Å². The maximum Gasteiger partial charge on any atom is 0.421 e. The van der Waals surface area contributed by atoms with Crippen molar-refractivity contribution in [1.82, 2.24) is 20.2 Å². The summed E-state index contributed by atoms with van der Waals surface area (Å²) in [6, 6.07) is 10.3. The minimum Gasteiger partial charge on any atom is -0.365 e. The molecule has 1 amide bonds. The number of rotatable bonds is 10. The van der Waals surface area contributed by atoms with E-state index in [2.05, 4.69) is 37.9 Å². The molecular weight excluding hydrogens is 595 g/mol. The largest absolute Gasteiger partial charge is 0.421 e. The molecule has 0 atom stereocenters. The molecule has 10 nitrogen and oxygen atoms in total. The maximum absolute atomic E-state index is 13.9. The molecule has 3 N–H and O–H groups in total. The Labute approximate surface area is 256 Å².